The number of nitrogens with one attached hydrogen (secondary N) is 1. The first kappa shape index (κ1) is 24.0. The molecule has 2 aromatic carbocycles. The second-order valence-corrected chi connectivity index (χ2v) is 10.5. The zero-order valence-corrected chi connectivity index (χ0v) is 21.7. The van der Waals surface area contributed by atoms with Gasteiger partial charge in [0.25, 0.3) is 5.91 Å². The number of rotatable bonds is 4. The number of nitrogen functional groups attached to an aromatic ring is 2. The molecule has 0 fully saturated rings. The maximum atomic E-state index is 13.2. The van der Waals surface area contributed by atoms with Gasteiger partial charge < -0.3 is 11.5 Å². The molecule has 0 spiro atoms. The number of nitriles is 1. The molecule has 7 nitrogen and oxygen atoms in total. The molecule has 0 saturated carbocycles. The number of thiazole rings is 1. The van der Waals surface area contributed by atoms with Crippen molar-refractivity contribution in [3.05, 3.63) is 73.9 Å². The normalized spacial score (nSPS) is 10.9. The second kappa shape index (κ2) is 9.41. The maximum absolute atomic E-state index is 13.2. The monoisotopic (exact) mass is 550 g/mol. The number of pyridine rings is 1. The fraction of sp³-hybridized carbons (Fsp3) is 0.0400. The molecule has 0 aliphatic carbocycles. The molecule has 36 heavy (non-hydrogen) atoms. The van der Waals surface area contributed by atoms with Crippen LogP contribution in [0.25, 0.3) is 32.6 Å². The lowest BCUT2D eigenvalue weighted by atomic mass is 9.96. The Morgan fingerprint density at radius 3 is 2.47 bits per heavy atom. The molecule has 0 unspecified atom stereocenters. The number of benzene rings is 2. The summed E-state index contributed by atoms with van der Waals surface area (Å²) in [5.41, 5.74) is 16.8. The van der Waals surface area contributed by atoms with Gasteiger partial charge in [0, 0.05) is 21.9 Å². The van der Waals surface area contributed by atoms with Gasteiger partial charge in [-0.1, -0.05) is 59.1 Å². The zero-order valence-electron chi connectivity index (χ0n) is 18.6. The van der Waals surface area contributed by atoms with Crippen LogP contribution >= 0.6 is 45.9 Å². The van der Waals surface area contributed by atoms with Gasteiger partial charge in [0.2, 0.25) is 0 Å². The number of hydrogen-bond donors (Lipinski definition) is 3. The van der Waals surface area contributed by atoms with Crippen LogP contribution in [0.5, 0.6) is 0 Å². The average Bonchev–Trinajstić information content (AvgIpc) is 3.45. The third-order valence-electron chi connectivity index (χ3n) is 5.50. The highest BCUT2D eigenvalue weighted by Gasteiger charge is 2.25. The Bertz CT molecular complexity index is 1700. The van der Waals surface area contributed by atoms with Crippen molar-refractivity contribution in [1.82, 2.24) is 9.97 Å². The summed E-state index contributed by atoms with van der Waals surface area (Å²) in [4.78, 5) is 22.8. The van der Waals surface area contributed by atoms with Crippen LogP contribution in [-0.4, -0.2) is 15.9 Å². The van der Waals surface area contributed by atoms with Crippen LogP contribution in [0.15, 0.2) is 47.8 Å². The molecule has 3 aromatic heterocycles. The van der Waals surface area contributed by atoms with Crippen LogP contribution in [0.4, 0.5) is 16.6 Å². The van der Waals surface area contributed by atoms with Gasteiger partial charge in [0.1, 0.15) is 27.2 Å². The fourth-order valence-electron chi connectivity index (χ4n) is 3.73. The topological polar surface area (TPSA) is 131 Å². The van der Waals surface area contributed by atoms with Crippen molar-refractivity contribution in [2.24, 2.45) is 0 Å². The molecule has 0 atom stereocenters. The molecule has 0 aliphatic heterocycles. The summed E-state index contributed by atoms with van der Waals surface area (Å²) in [6.07, 6.45) is 0. The molecule has 11 heteroatoms. The average molecular weight is 551 g/mol. The van der Waals surface area contributed by atoms with Gasteiger partial charge in [-0.05, 0) is 24.6 Å². The van der Waals surface area contributed by atoms with E-state index in [9.17, 15) is 10.1 Å². The SMILES string of the molecule is Cc1ccc(-c2c(C#N)c(N)nc3sc(C(=O)Nc4nc(-c5ccc(Cl)c(Cl)c5)cs4)c(N)c23)cc1. The van der Waals surface area contributed by atoms with Crippen molar-refractivity contribution < 1.29 is 4.79 Å². The Labute approximate surface area is 223 Å². The Balaban J connectivity index is 1.53. The van der Waals surface area contributed by atoms with E-state index >= 15 is 0 Å². The highest BCUT2D eigenvalue weighted by atomic mass is 35.5. The first-order valence-electron chi connectivity index (χ1n) is 10.5. The number of nitrogens with two attached hydrogens (primary N) is 2. The summed E-state index contributed by atoms with van der Waals surface area (Å²) in [5.74, 6) is -0.350. The number of carbonyl (C=O) groups is 1. The van der Waals surface area contributed by atoms with E-state index in [1.165, 1.54) is 11.3 Å². The number of amides is 1. The molecule has 5 rings (SSSR count). The maximum Gasteiger partial charge on any atom is 0.269 e. The van der Waals surface area contributed by atoms with E-state index in [0.29, 0.717) is 36.7 Å². The molecule has 5 aromatic rings. The quantitative estimate of drug-likeness (QED) is 0.221. The molecule has 0 bridgehead atoms. The molecular formula is C25H16Cl2N6OS2. The van der Waals surface area contributed by atoms with Crippen LogP contribution in [0, 0.1) is 18.3 Å². The second-order valence-electron chi connectivity index (χ2n) is 7.87. The molecule has 3 heterocycles. The Kier molecular flexibility index (Phi) is 6.28. The first-order chi connectivity index (χ1) is 17.3. The molecule has 178 valence electrons. The smallest absolute Gasteiger partial charge is 0.269 e. The third-order valence-corrected chi connectivity index (χ3v) is 8.10. The van der Waals surface area contributed by atoms with Crippen molar-refractivity contribution in [2.45, 2.75) is 6.92 Å². The lowest BCUT2D eigenvalue weighted by molar-refractivity contribution is 0.103. The minimum absolute atomic E-state index is 0.0833. The minimum Gasteiger partial charge on any atom is -0.397 e. The van der Waals surface area contributed by atoms with Crippen LogP contribution in [0.2, 0.25) is 10.0 Å². The lowest BCUT2D eigenvalue weighted by Crippen LogP contribution is -2.11. The standard InChI is InChI=1S/C25H16Cl2N6OS2/c1-11-2-4-12(5-3-11)18-14(9-28)22(30)32-24-19(18)20(29)21(36-24)23(34)33-25-31-17(10-35-25)13-6-7-15(26)16(27)8-13/h2-8,10H,29H2,1H3,(H2,30,32)(H,31,33,34). The number of hydrogen-bond acceptors (Lipinski definition) is 8. The highest BCUT2D eigenvalue weighted by Crippen LogP contribution is 2.43. The summed E-state index contributed by atoms with van der Waals surface area (Å²) in [7, 11) is 0. The number of fused-ring (bicyclic) bond motifs is 1. The van der Waals surface area contributed by atoms with Crippen LogP contribution in [0.3, 0.4) is 0 Å². The first-order valence-corrected chi connectivity index (χ1v) is 12.9. The van der Waals surface area contributed by atoms with E-state index in [0.717, 1.165) is 28.0 Å². The van der Waals surface area contributed by atoms with Crippen molar-refractivity contribution in [2.75, 3.05) is 16.8 Å². The zero-order chi connectivity index (χ0) is 25.6. The van der Waals surface area contributed by atoms with Crippen molar-refractivity contribution in [3.63, 3.8) is 0 Å². The van der Waals surface area contributed by atoms with Crippen molar-refractivity contribution >= 4 is 78.6 Å². The number of nitrogens with zero attached hydrogens (tertiary/aromatic N) is 3. The number of aromatic nitrogens is 2. The molecule has 1 amide bonds. The van der Waals surface area contributed by atoms with Crippen LogP contribution < -0.4 is 16.8 Å². The summed E-state index contributed by atoms with van der Waals surface area (Å²) >= 11 is 14.5. The Morgan fingerprint density at radius 1 is 1.06 bits per heavy atom. The summed E-state index contributed by atoms with van der Waals surface area (Å²) in [6, 6.07) is 15.0. The van der Waals surface area contributed by atoms with Crippen molar-refractivity contribution in [3.8, 4) is 28.5 Å². The molecular weight excluding hydrogens is 535 g/mol. The minimum atomic E-state index is -0.433. The van der Waals surface area contributed by atoms with E-state index in [1.54, 1.807) is 23.6 Å². The van der Waals surface area contributed by atoms with Crippen LogP contribution in [0.1, 0.15) is 20.8 Å². The fourth-order valence-corrected chi connectivity index (χ4v) is 5.75. The van der Waals surface area contributed by atoms with E-state index in [2.05, 4.69) is 21.4 Å². The largest absolute Gasteiger partial charge is 0.397 e. The molecule has 0 saturated heterocycles. The Hall–Kier alpha value is -3.68. The summed E-state index contributed by atoms with van der Waals surface area (Å²) < 4.78 is 0. The van der Waals surface area contributed by atoms with Gasteiger partial charge in [-0.2, -0.15) is 5.26 Å². The number of thiophene rings is 1. The van der Waals surface area contributed by atoms with E-state index < -0.39 is 5.91 Å². The summed E-state index contributed by atoms with van der Waals surface area (Å²) in [5, 5.41) is 16.2. The van der Waals surface area contributed by atoms with Gasteiger partial charge in [-0.15, -0.1) is 22.7 Å². The molecule has 5 N–H and O–H groups in total. The van der Waals surface area contributed by atoms with Gasteiger partial charge >= 0.3 is 0 Å². The lowest BCUT2D eigenvalue weighted by Gasteiger charge is -2.10. The van der Waals surface area contributed by atoms with E-state index in [1.807, 2.05) is 31.2 Å². The molecule has 0 aliphatic rings. The number of halogens is 2. The third kappa shape index (κ3) is 4.25. The van der Waals surface area contributed by atoms with Gasteiger partial charge in [0.05, 0.1) is 21.4 Å². The van der Waals surface area contributed by atoms with Gasteiger partial charge in [0.15, 0.2) is 5.13 Å². The highest BCUT2D eigenvalue weighted by molar-refractivity contribution is 7.21. The van der Waals surface area contributed by atoms with Crippen LogP contribution in [-0.2, 0) is 0 Å². The number of aryl methyl sites for hydroxylation is 1. The van der Waals surface area contributed by atoms with Gasteiger partial charge in [-0.3, -0.25) is 10.1 Å². The Morgan fingerprint density at radius 2 is 1.78 bits per heavy atom. The van der Waals surface area contributed by atoms with E-state index in [4.69, 9.17) is 34.7 Å². The summed E-state index contributed by atoms with van der Waals surface area (Å²) in [6.45, 7) is 1.97. The van der Waals surface area contributed by atoms with E-state index in [-0.39, 0.29) is 21.9 Å². The predicted molar refractivity (Wildman–Crippen MR) is 149 cm³/mol. The number of anilines is 3. The van der Waals surface area contributed by atoms with Crippen molar-refractivity contribution in [1.29, 1.82) is 5.26 Å². The number of carbonyl (C=O) groups excluding carboxylic acids is 1. The van der Waals surface area contributed by atoms with Gasteiger partial charge in [-0.25, -0.2) is 9.97 Å². The predicted octanol–water partition coefficient (Wildman–Crippen LogP) is 6.99. The molecule has 0 radical (unpaired) electrons.